The first kappa shape index (κ1) is 15.7. The number of anilines is 2. The van der Waals surface area contributed by atoms with E-state index in [1.807, 2.05) is 24.3 Å². The van der Waals surface area contributed by atoms with Gasteiger partial charge < -0.3 is 10.2 Å². The molecule has 0 aliphatic carbocycles. The van der Waals surface area contributed by atoms with E-state index in [4.69, 9.17) is 0 Å². The minimum atomic E-state index is -1.10. The van der Waals surface area contributed by atoms with Gasteiger partial charge in [0.05, 0.1) is 11.9 Å². The summed E-state index contributed by atoms with van der Waals surface area (Å²) < 4.78 is 14.8. The molecule has 2 aliphatic rings. The van der Waals surface area contributed by atoms with Crippen LogP contribution in [0.4, 0.5) is 15.9 Å². The fraction of sp³-hybridized carbons (Fsp3) is 0.150. The van der Waals surface area contributed by atoms with Crippen LogP contribution in [0.25, 0.3) is 5.69 Å². The summed E-state index contributed by atoms with van der Waals surface area (Å²) in [6, 6.07) is 13.3. The van der Waals surface area contributed by atoms with Crippen LogP contribution >= 0.6 is 0 Å². The third-order valence-corrected chi connectivity index (χ3v) is 5.38. The molecule has 3 aromatic rings. The monoisotopic (exact) mass is 362 g/mol. The second kappa shape index (κ2) is 5.26. The Morgan fingerprint density at radius 1 is 1.07 bits per heavy atom. The molecule has 6 nitrogen and oxygen atoms in total. The SMILES string of the molecule is CN1C(=O)C2(CC(=O)Nc3c2cnn3-c2ccc(F)cc2)c2ccccc21. The second-order valence-electron chi connectivity index (χ2n) is 6.81. The van der Waals surface area contributed by atoms with Crippen LogP contribution in [0.3, 0.4) is 0 Å². The number of hydrogen-bond acceptors (Lipinski definition) is 3. The van der Waals surface area contributed by atoms with Gasteiger partial charge in [-0.1, -0.05) is 18.2 Å². The number of carbonyl (C=O) groups excluding carboxylic acids is 2. The Morgan fingerprint density at radius 2 is 1.81 bits per heavy atom. The van der Waals surface area contributed by atoms with Gasteiger partial charge in [-0.15, -0.1) is 0 Å². The molecule has 0 saturated heterocycles. The van der Waals surface area contributed by atoms with E-state index < -0.39 is 5.41 Å². The van der Waals surface area contributed by atoms with Crippen molar-refractivity contribution < 1.29 is 14.0 Å². The average molecular weight is 362 g/mol. The maximum atomic E-state index is 13.3. The molecule has 1 N–H and O–H groups in total. The maximum absolute atomic E-state index is 13.3. The molecule has 27 heavy (non-hydrogen) atoms. The van der Waals surface area contributed by atoms with Gasteiger partial charge in [0.15, 0.2) is 0 Å². The number of amides is 2. The van der Waals surface area contributed by atoms with Crippen LogP contribution in [0.5, 0.6) is 0 Å². The largest absolute Gasteiger partial charge is 0.314 e. The molecule has 1 unspecified atom stereocenters. The fourth-order valence-electron chi connectivity index (χ4n) is 4.14. The molecule has 134 valence electrons. The normalized spacial score (nSPS) is 20.6. The van der Waals surface area contributed by atoms with E-state index in [2.05, 4.69) is 10.4 Å². The molecule has 1 atom stereocenters. The first-order chi connectivity index (χ1) is 13.0. The number of likely N-dealkylation sites (N-methyl/N-ethyl adjacent to an activating group) is 1. The summed E-state index contributed by atoms with van der Waals surface area (Å²) in [5.41, 5.74) is 1.74. The summed E-state index contributed by atoms with van der Waals surface area (Å²) in [7, 11) is 1.71. The topological polar surface area (TPSA) is 67.2 Å². The predicted octanol–water partition coefficient (Wildman–Crippen LogP) is 2.62. The molecule has 2 aliphatic heterocycles. The molecule has 7 heteroatoms. The summed E-state index contributed by atoms with van der Waals surface area (Å²) in [6.07, 6.45) is 1.64. The second-order valence-corrected chi connectivity index (χ2v) is 6.81. The lowest BCUT2D eigenvalue weighted by atomic mass is 9.72. The number of carbonyl (C=O) groups is 2. The molecule has 0 radical (unpaired) electrons. The summed E-state index contributed by atoms with van der Waals surface area (Å²) in [5.74, 6) is -0.332. The van der Waals surface area contributed by atoms with Crippen molar-refractivity contribution >= 4 is 23.3 Å². The van der Waals surface area contributed by atoms with E-state index in [1.54, 1.807) is 30.3 Å². The zero-order valence-corrected chi connectivity index (χ0v) is 14.4. The first-order valence-corrected chi connectivity index (χ1v) is 8.54. The highest BCUT2D eigenvalue weighted by Gasteiger charge is 2.56. The van der Waals surface area contributed by atoms with Gasteiger partial charge >= 0.3 is 0 Å². The number of nitrogens with one attached hydrogen (secondary N) is 1. The van der Waals surface area contributed by atoms with Crippen molar-refractivity contribution in [3.63, 3.8) is 0 Å². The van der Waals surface area contributed by atoms with Gasteiger partial charge in [-0.25, -0.2) is 9.07 Å². The standard InChI is InChI=1S/C20H15FN4O2/c1-24-16-5-3-2-4-14(16)20(19(24)27)10-17(26)23-18-15(20)11-22-25(18)13-8-6-12(21)7-9-13/h2-9,11H,10H2,1H3,(H,23,26). The molecular weight excluding hydrogens is 347 g/mol. The summed E-state index contributed by atoms with van der Waals surface area (Å²) in [5, 5.41) is 7.23. The minimum absolute atomic E-state index is 0.0231. The highest BCUT2D eigenvalue weighted by molar-refractivity contribution is 6.15. The van der Waals surface area contributed by atoms with Crippen molar-refractivity contribution in [3.05, 3.63) is 71.7 Å². The van der Waals surface area contributed by atoms with Crippen molar-refractivity contribution in [1.82, 2.24) is 9.78 Å². The molecule has 0 fully saturated rings. The molecule has 1 spiro atoms. The van der Waals surface area contributed by atoms with Gasteiger partial charge in [0, 0.05) is 24.7 Å². The number of fused-ring (bicyclic) bond motifs is 4. The van der Waals surface area contributed by atoms with Crippen LogP contribution in [-0.4, -0.2) is 28.6 Å². The smallest absolute Gasteiger partial charge is 0.242 e. The number of halogens is 1. The van der Waals surface area contributed by atoms with Gasteiger partial charge in [0.1, 0.15) is 17.1 Å². The molecule has 0 bridgehead atoms. The number of para-hydroxylation sites is 1. The number of aromatic nitrogens is 2. The molecule has 3 heterocycles. The van der Waals surface area contributed by atoms with E-state index in [1.165, 1.54) is 16.8 Å². The number of hydrogen-bond donors (Lipinski definition) is 1. The van der Waals surface area contributed by atoms with E-state index in [-0.39, 0.29) is 24.1 Å². The summed E-state index contributed by atoms with van der Waals surface area (Å²) in [4.78, 5) is 27.5. The van der Waals surface area contributed by atoms with Crippen molar-refractivity contribution in [3.8, 4) is 5.69 Å². The van der Waals surface area contributed by atoms with Gasteiger partial charge in [-0.3, -0.25) is 9.59 Å². The quantitative estimate of drug-likeness (QED) is 0.724. The van der Waals surface area contributed by atoms with Gasteiger partial charge in [0.2, 0.25) is 11.8 Å². The molecule has 0 saturated carbocycles. The zero-order chi connectivity index (χ0) is 18.8. The highest BCUT2D eigenvalue weighted by atomic mass is 19.1. The average Bonchev–Trinajstić information content (AvgIpc) is 3.18. The first-order valence-electron chi connectivity index (χ1n) is 8.54. The van der Waals surface area contributed by atoms with Crippen LogP contribution in [0.2, 0.25) is 0 Å². The fourth-order valence-corrected chi connectivity index (χ4v) is 4.14. The lowest BCUT2D eigenvalue weighted by molar-refractivity contribution is -0.126. The van der Waals surface area contributed by atoms with Crippen molar-refractivity contribution in [2.45, 2.75) is 11.8 Å². The Morgan fingerprint density at radius 3 is 2.59 bits per heavy atom. The van der Waals surface area contributed by atoms with Crippen LogP contribution in [0.1, 0.15) is 17.5 Å². The molecular formula is C20H15FN4O2. The number of nitrogens with zero attached hydrogens (tertiary/aromatic N) is 3. The molecule has 1 aromatic heterocycles. The predicted molar refractivity (Wildman–Crippen MR) is 97.4 cm³/mol. The maximum Gasteiger partial charge on any atom is 0.242 e. The van der Waals surface area contributed by atoms with E-state index in [9.17, 15) is 14.0 Å². The Bertz CT molecular complexity index is 1110. The van der Waals surface area contributed by atoms with Crippen molar-refractivity contribution in [2.75, 3.05) is 17.3 Å². The number of rotatable bonds is 1. The van der Waals surface area contributed by atoms with Crippen molar-refractivity contribution in [2.24, 2.45) is 0 Å². The van der Waals surface area contributed by atoms with Crippen LogP contribution in [0, 0.1) is 5.82 Å². The Balaban J connectivity index is 1.77. The van der Waals surface area contributed by atoms with Gasteiger partial charge in [-0.05, 0) is 35.9 Å². The Hall–Kier alpha value is -3.48. The minimum Gasteiger partial charge on any atom is -0.314 e. The molecule has 2 amide bonds. The molecule has 2 aromatic carbocycles. The van der Waals surface area contributed by atoms with Crippen molar-refractivity contribution in [1.29, 1.82) is 0 Å². The lowest BCUT2D eigenvalue weighted by Crippen LogP contribution is -2.45. The van der Waals surface area contributed by atoms with E-state index >= 15 is 0 Å². The number of benzene rings is 2. The van der Waals surface area contributed by atoms with E-state index in [0.717, 1.165) is 11.3 Å². The third kappa shape index (κ3) is 1.96. The van der Waals surface area contributed by atoms with E-state index in [0.29, 0.717) is 17.1 Å². The Labute approximate surface area is 154 Å². The van der Waals surface area contributed by atoms with Gasteiger partial charge in [0.25, 0.3) is 0 Å². The van der Waals surface area contributed by atoms with Gasteiger partial charge in [-0.2, -0.15) is 5.10 Å². The van der Waals surface area contributed by atoms with Crippen LogP contribution in [0.15, 0.2) is 54.7 Å². The highest BCUT2D eigenvalue weighted by Crippen LogP contribution is 2.51. The lowest BCUT2D eigenvalue weighted by Gasteiger charge is -2.32. The third-order valence-electron chi connectivity index (χ3n) is 5.38. The summed E-state index contributed by atoms with van der Waals surface area (Å²) in [6.45, 7) is 0. The van der Waals surface area contributed by atoms with Crippen LogP contribution < -0.4 is 10.2 Å². The van der Waals surface area contributed by atoms with Crippen LogP contribution in [-0.2, 0) is 15.0 Å². The Kier molecular flexibility index (Phi) is 3.07. The zero-order valence-electron chi connectivity index (χ0n) is 14.4. The molecule has 5 rings (SSSR count). The summed E-state index contributed by atoms with van der Waals surface area (Å²) >= 11 is 0.